The Hall–Kier alpha value is -3.47. The molecule has 0 saturated heterocycles. The maximum atomic E-state index is 13.8. The van der Waals surface area contributed by atoms with E-state index in [4.69, 9.17) is 4.99 Å². The number of amides is 2. The van der Waals surface area contributed by atoms with Crippen LogP contribution in [0.25, 0.3) is 0 Å². The summed E-state index contributed by atoms with van der Waals surface area (Å²) in [4.78, 5) is 43.3. The molecule has 1 fully saturated rings. The molecule has 2 aliphatic rings. The number of halogens is 3. The number of carboxylic acid groups (broad SMARTS) is 1. The number of alkyl halides is 3. The summed E-state index contributed by atoms with van der Waals surface area (Å²) in [6, 6.07) is 21.7. The van der Waals surface area contributed by atoms with Crippen molar-refractivity contribution in [2.75, 3.05) is 13.1 Å². The number of carbonyl (C=O) groups is 3. The molecule has 5 rings (SSSR count). The quantitative estimate of drug-likeness (QED) is 0.370. The van der Waals surface area contributed by atoms with Crippen molar-refractivity contribution in [1.29, 1.82) is 0 Å². The fourth-order valence-electron chi connectivity index (χ4n) is 5.94. The summed E-state index contributed by atoms with van der Waals surface area (Å²) in [5, 5.41) is 13.1. The van der Waals surface area contributed by atoms with E-state index in [1.54, 1.807) is 29.2 Å². The van der Waals surface area contributed by atoms with Crippen LogP contribution < -0.4 is 40.0 Å². The van der Waals surface area contributed by atoms with Crippen LogP contribution in [0.5, 0.6) is 0 Å². The SMILES string of the molecule is O=C([O-])CCNC(=O)c1ccc(CCN2C(=O)C(c3cccc(C(F)(F)F)c3)=NC23CCC(c2ccccc2)CC3)cc1.[Na+]. The van der Waals surface area contributed by atoms with Crippen LogP contribution in [0.15, 0.2) is 83.9 Å². The van der Waals surface area contributed by atoms with Crippen molar-refractivity contribution >= 4 is 23.5 Å². The normalized spacial score (nSPS) is 19.8. The Labute approximate surface area is 275 Å². The largest absolute Gasteiger partial charge is 1.00 e. The van der Waals surface area contributed by atoms with Crippen molar-refractivity contribution in [1.82, 2.24) is 10.2 Å². The van der Waals surface area contributed by atoms with Crippen molar-refractivity contribution in [3.63, 3.8) is 0 Å². The van der Waals surface area contributed by atoms with Crippen LogP contribution >= 0.6 is 0 Å². The molecule has 1 aliphatic carbocycles. The van der Waals surface area contributed by atoms with Gasteiger partial charge in [-0.3, -0.25) is 14.6 Å². The number of hydrogen-bond acceptors (Lipinski definition) is 5. The molecule has 0 bridgehead atoms. The third kappa shape index (κ3) is 7.60. The van der Waals surface area contributed by atoms with Crippen molar-refractivity contribution in [2.24, 2.45) is 4.99 Å². The van der Waals surface area contributed by atoms with Gasteiger partial charge in [0.1, 0.15) is 11.4 Å². The molecule has 3 aromatic rings. The Bertz CT molecular complexity index is 1520. The van der Waals surface area contributed by atoms with Gasteiger partial charge < -0.3 is 20.1 Å². The summed E-state index contributed by atoms with van der Waals surface area (Å²) in [7, 11) is 0. The molecule has 3 aromatic carbocycles. The van der Waals surface area contributed by atoms with Gasteiger partial charge in [0, 0.05) is 36.6 Å². The molecule has 0 aromatic heterocycles. The molecule has 1 N–H and O–H groups in total. The number of benzene rings is 3. The van der Waals surface area contributed by atoms with Gasteiger partial charge in [-0.25, -0.2) is 0 Å². The van der Waals surface area contributed by atoms with Gasteiger partial charge in [-0.05, 0) is 73.4 Å². The summed E-state index contributed by atoms with van der Waals surface area (Å²) in [6.07, 6.45) is -1.62. The first-order chi connectivity index (χ1) is 20.6. The number of nitrogens with one attached hydrogen (secondary N) is 1. The first-order valence-corrected chi connectivity index (χ1v) is 14.3. The number of carboxylic acids is 1. The zero-order valence-electron chi connectivity index (χ0n) is 24.4. The maximum Gasteiger partial charge on any atom is 1.00 e. The minimum absolute atomic E-state index is 0. The third-order valence-electron chi connectivity index (χ3n) is 8.25. The molecule has 44 heavy (non-hydrogen) atoms. The van der Waals surface area contributed by atoms with Gasteiger partial charge in [-0.15, -0.1) is 0 Å². The van der Waals surface area contributed by atoms with Gasteiger partial charge >= 0.3 is 35.7 Å². The predicted molar refractivity (Wildman–Crippen MR) is 152 cm³/mol. The van der Waals surface area contributed by atoms with Gasteiger partial charge in [-0.1, -0.05) is 54.6 Å². The number of carbonyl (C=O) groups excluding carboxylic acids is 3. The fraction of sp³-hybridized carbons (Fsp3) is 0.333. The first kappa shape index (κ1) is 33.4. The zero-order valence-corrected chi connectivity index (χ0v) is 26.4. The van der Waals surface area contributed by atoms with Crippen LogP contribution in [-0.4, -0.2) is 47.1 Å². The van der Waals surface area contributed by atoms with Crippen LogP contribution in [0.3, 0.4) is 0 Å². The van der Waals surface area contributed by atoms with Crippen LogP contribution in [0.4, 0.5) is 13.2 Å². The second-order valence-corrected chi connectivity index (χ2v) is 11.0. The summed E-state index contributed by atoms with van der Waals surface area (Å²) >= 11 is 0. The molecular weight excluding hydrogens is 582 g/mol. The molecule has 0 radical (unpaired) electrons. The molecule has 1 aliphatic heterocycles. The smallest absolute Gasteiger partial charge is 0.550 e. The van der Waals surface area contributed by atoms with Gasteiger partial charge in [0.25, 0.3) is 11.8 Å². The second-order valence-electron chi connectivity index (χ2n) is 11.0. The van der Waals surface area contributed by atoms with E-state index in [-0.39, 0.29) is 59.7 Å². The Kier molecular flexibility index (Phi) is 10.7. The fourth-order valence-corrected chi connectivity index (χ4v) is 5.94. The van der Waals surface area contributed by atoms with E-state index in [0.717, 1.165) is 30.5 Å². The van der Waals surface area contributed by atoms with E-state index in [1.807, 2.05) is 18.2 Å². The topological polar surface area (TPSA) is 102 Å². The zero-order chi connectivity index (χ0) is 30.6. The molecule has 224 valence electrons. The molecule has 11 heteroatoms. The number of nitrogens with zero attached hydrogens (tertiary/aromatic N) is 2. The first-order valence-electron chi connectivity index (χ1n) is 14.3. The van der Waals surface area contributed by atoms with Gasteiger partial charge in [0.15, 0.2) is 0 Å². The van der Waals surface area contributed by atoms with E-state index in [1.165, 1.54) is 17.7 Å². The molecule has 0 unspecified atom stereocenters. The Morgan fingerprint density at radius 1 is 0.977 bits per heavy atom. The minimum Gasteiger partial charge on any atom is -0.550 e. The second kappa shape index (κ2) is 14.1. The molecular formula is C33H31F3N3NaO4. The summed E-state index contributed by atoms with van der Waals surface area (Å²) in [6.45, 7) is 0.263. The Balaban J connectivity index is 0.00000442. The van der Waals surface area contributed by atoms with E-state index < -0.39 is 29.3 Å². The van der Waals surface area contributed by atoms with Gasteiger partial charge in [-0.2, -0.15) is 13.2 Å². The summed E-state index contributed by atoms with van der Waals surface area (Å²) in [5.41, 5.74) is 0.979. The number of aliphatic imine (C=N–C) groups is 1. The molecule has 1 saturated carbocycles. The van der Waals surface area contributed by atoms with Gasteiger partial charge in [0.2, 0.25) is 0 Å². The van der Waals surface area contributed by atoms with E-state index in [2.05, 4.69) is 17.4 Å². The maximum absolute atomic E-state index is 13.8. The number of aliphatic carboxylic acids is 1. The summed E-state index contributed by atoms with van der Waals surface area (Å²) in [5.74, 6) is -1.74. The minimum atomic E-state index is -4.54. The van der Waals surface area contributed by atoms with Crippen LogP contribution in [0, 0.1) is 0 Å². The van der Waals surface area contributed by atoms with E-state index in [0.29, 0.717) is 37.3 Å². The van der Waals surface area contributed by atoms with Crippen molar-refractivity contribution in [3.8, 4) is 0 Å². The standard InChI is InChI=1S/C33H32F3N3O4.Na/c34-33(35,36)27-8-4-7-26(21-27)29-31(43)39(32(38-29)17-13-24(14-18-32)23-5-2-1-3-6-23)20-16-22-9-11-25(12-10-22)30(42)37-19-15-28(40)41;/h1-12,21,24H,13-20H2,(H,37,42)(H,40,41);/q;+1/p-1. The molecule has 1 spiro atoms. The average Bonchev–Trinajstić information content (AvgIpc) is 3.26. The van der Waals surface area contributed by atoms with Gasteiger partial charge in [0.05, 0.1) is 5.56 Å². The van der Waals surface area contributed by atoms with E-state index in [9.17, 15) is 32.7 Å². The Morgan fingerprint density at radius 3 is 2.30 bits per heavy atom. The van der Waals surface area contributed by atoms with Crippen molar-refractivity contribution < 1.29 is 62.2 Å². The number of hydrogen-bond donors (Lipinski definition) is 1. The van der Waals surface area contributed by atoms with Crippen molar-refractivity contribution in [3.05, 3.63) is 107 Å². The van der Waals surface area contributed by atoms with Crippen LogP contribution in [0.2, 0.25) is 0 Å². The molecule has 7 nitrogen and oxygen atoms in total. The van der Waals surface area contributed by atoms with Crippen LogP contribution in [0.1, 0.15) is 70.6 Å². The van der Waals surface area contributed by atoms with E-state index >= 15 is 0 Å². The molecule has 2 amide bonds. The predicted octanol–water partition coefficient (Wildman–Crippen LogP) is 1.51. The van der Waals surface area contributed by atoms with Crippen molar-refractivity contribution in [2.45, 2.75) is 56.3 Å². The molecule has 0 atom stereocenters. The van der Waals surface area contributed by atoms with Crippen LogP contribution in [-0.2, 0) is 22.2 Å². The average molecular weight is 614 g/mol. The number of rotatable bonds is 9. The Morgan fingerprint density at radius 2 is 1.66 bits per heavy atom. The monoisotopic (exact) mass is 613 g/mol. The molecule has 1 heterocycles. The third-order valence-corrected chi connectivity index (χ3v) is 8.25. The summed E-state index contributed by atoms with van der Waals surface area (Å²) < 4.78 is 40.4.